The lowest BCUT2D eigenvalue weighted by Gasteiger charge is -2.26. The molecule has 0 radical (unpaired) electrons. The van der Waals surface area contributed by atoms with E-state index in [0.29, 0.717) is 47.4 Å². The first-order valence-electron chi connectivity index (χ1n) is 12.5. The van der Waals surface area contributed by atoms with Gasteiger partial charge >= 0.3 is 0 Å². The van der Waals surface area contributed by atoms with E-state index in [0.717, 1.165) is 30.6 Å². The maximum Gasteiger partial charge on any atom is 0.270 e. The standard InChI is InChI=1S/C27H30N4O3S2/c32-25(11-16-30-13-4-1-5-14-30)28-12-7-15-31(26(33)24-10-6-17-35-24)27-29-21(19-36-27)23-18-20-8-2-3-9-22(20)34-23/h2-3,6,8-10,17-19H,1,4-5,7,11-16H2,(H,28,32). The van der Waals surface area contributed by atoms with Gasteiger partial charge in [-0.2, -0.15) is 0 Å². The summed E-state index contributed by atoms with van der Waals surface area (Å²) in [7, 11) is 0. The number of thiazole rings is 1. The first-order chi connectivity index (χ1) is 17.7. The average Bonchev–Trinajstić information content (AvgIpc) is 3.68. The second-order valence-electron chi connectivity index (χ2n) is 8.95. The van der Waals surface area contributed by atoms with Gasteiger partial charge in [-0.25, -0.2) is 4.98 Å². The van der Waals surface area contributed by atoms with Crippen LogP contribution in [0.5, 0.6) is 0 Å². The van der Waals surface area contributed by atoms with Crippen molar-refractivity contribution in [3.05, 3.63) is 58.1 Å². The van der Waals surface area contributed by atoms with Crippen LogP contribution in [0.25, 0.3) is 22.4 Å². The highest BCUT2D eigenvalue weighted by Crippen LogP contribution is 2.32. The number of anilines is 1. The van der Waals surface area contributed by atoms with Crippen molar-refractivity contribution in [3.8, 4) is 11.5 Å². The molecule has 0 bridgehead atoms. The van der Waals surface area contributed by atoms with Crippen molar-refractivity contribution < 1.29 is 14.0 Å². The second kappa shape index (κ2) is 11.8. The third-order valence-corrected chi connectivity index (χ3v) is 8.08. The van der Waals surface area contributed by atoms with Gasteiger partial charge in [-0.3, -0.25) is 14.5 Å². The van der Waals surface area contributed by atoms with Crippen LogP contribution in [0.3, 0.4) is 0 Å². The molecule has 1 aliphatic rings. The largest absolute Gasteiger partial charge is 0.454 e. The molecule has 1 aromatic carbocycles. The smallest absolute Gasteiger partial charge is 0.270 e. The molecule has 0 spiro atoms. The Hall–Kier alpha value is -3.01. The number of nitrogens with zero attached hydrogens (tertiary/aromatic N) is 3. The molecule has 5 rings (SSSR count). The van der Waals surface area contributed by atoms with Crippen molar-refractivity contribution in [2.75, 3.05) is 37.6 Å². The number of nitrogens with one attached hydrogen (secondary N) is 1. The number of benzene rings is 1. The SMILES string of the molecule is O=C(CCN1CCCCC1)NCCCN(C(=O)c1cccs1)c1nc(-c2cc3ccccc3o2)cs1. The number of hydrogen-bond acceptors (Lipinski definition) is 7. The van der Waals surface area contributed by atoms with Gasteiger partial charge in [0.05, 0.1) is 4.88 Å². The maximum atomic E-state index is 13.3. The summed E-state index contributed by atoms with van der Waals surface area (Å²) in [4.78, 5) is 35.1. The lowest BCUT2D eigenvalue weighted by atomic mass is 10.1. The topological polar surface area (TPSA) is 78.7 Å². The molecule has 1 saturated heterocycles. The van der Waals surface area contributed by atoms with Gasteiger partial charge in [0, 0.05) is 36.8 Å². The second-order valence-corrected chi connectivity index (χ2v) is 10.7. The van der Waals surface area contributed by atoms with E-state index in [9.17, 15) is 9.59 Å². The van der Waals surface area contributed by atoms with Crippen LogP contribution in [0, 0.1) is 0 Å². The Kier molecular flexibility index (Phi) is 8.10. The van der Waals surface area contributed by atoms with Gasteiger partial charge in [0.2, 0.25) is 5.91 Å². The molecular weight excluding hydrogens is 492 g/mol. The highest BCUT2D eigenvalue weighted by molar-refractivity contribution is 7.14. The van der Waals surface area contributed by atoms with Gasteiger partial charge in [-0.1, -0.05) is 30.7 Å². The minimum atomic E-state index is -0.0769. The Labute approximate surface area is 218 Å². The van der Waals surface area contributed by atoms with Gasteiger partial charge in [-0.15, -0.1) is 22.7 Å². The molecule has 7 nitrogen and oxygen atoms in total. The highest BCUT2D eigenvalue weighted by atomic mass is 32.1. The number of furan rings is 1. The third kappa shape index (κ3) is 6.03. The summed E-state index contributed by atoms with van der Waals surface area (Å²) in [6.45, 7) is 4.00. The predicted molar refractivity (Wildman–Crippen MR) is 146 cm³/mol. The minimum Gasteiger partial charge on any atom is -0.454 e. The van der Waals surface area contributed by atoms with Crippen molar-refractivity contribution in [3.63, 3.8) is 0 Å². The van der Waals surface area contributed by atoms with Crippen LogP contribution in [0.2, 0.25) is 0 Å². The van der Waals surface area contributed by atoms with Crippen LogP contribution in [-0.4, -0.2) is 54.4 Å². The fraction of sp³-hybridized carbons (Fsp3) is 0.370. The van der Waals surface area contributed by atoms with E-state index in [1.807, 2.05) is 53.2 Å². The number of thiophene rings is 1. The first kappa shape index (κ1) is 24.7. The van der Waals surface area contributed by atoms with Gasteiger partial charge in [0.15, 0.2) is 10.9 Å². The summed E-state index contributed by atoms with van der Waals surface area (Å²) < 4.78 is 5.96. The molecule has 1 N–H and O–H groups in total. The Morgan fingerprint density at radius 3 is 2.75 bits per heavy atom. The summed E-state index contributed by atoms with van der Waals surface area (Å²) in [5, 5.41) is 8.48. The van der Waals surface area contributed by atoms with Crippen LogP contribution in [0.1, 0.15) is 41.8 Å². The van der Waals surface area contributed by atoms with E-state index in [2.05, 4.69) is 10.2 Å². The Bertz CT molecular complexity index is 1260. The minimum absolute atomic E-state index is 0.0677. The molecule has 3 aromatic heterocycles. The molecule has 4 heterocycles. The molecule has 0 saturated carbocycles. The van der Waals surface area contributed by atoms with Gasteiger partial charge < -0.3 is 14.6 Å². The maximum absolute atomic E-state index is 13.3. The van der Waals surface area contributed by atoms with Crippen LogP contribution in [0.15, 0.2) is 57.6 Å². The van der Waals surface area contributed by atoms with Gasteiger partial charge in [0.25, 0.3) is 5.91 Å². The number of piperidine rings is 1. The monoisotopic (exact) mass is 522 g/mol. The molecule has 36 heavy (non-hydrogen) atoms. The molecule has 188 valence electrons. The Morgan fingerprint density at radius 2 is 1.94 bits per heavy atom. The molecule has 9 heteroatoms. The number of carbonyl (C=O) groups is 2. The van der Waals surface area contributed by atoms with Crippen molar-refractivity contribution in [2.45, 2.75) is 32.1 Å². The fourth-order valence-corrected chi connectivity index (χ4v) is 5.93. The number of amides is 2. The highest BCUT2D eigenvalue weighted by Gasteiger charge is 2.22. The molecule has 4 aromatic rings. The van der Waals surface area contributed by atoms with Crippen LogP contribution in [-0.2, 0) is 4.79 Å². The van der Waals surface area contributed by atoms with Crippen molar-refractivity contribution >= 4 is 50.6 Å². The summed E-state index contributed by atoms with van der Waals surface area (Å²) in [5.74, 6) is 0.674. The number of rotatable bonds is 10. The van der Waals surface area contributed by atoms with E-state index >= 15 is 0 Å². The fourth-order valence-electron chi connectivity index (χ4n) is 4.42. The van der Waals surface area contributed by atoms with Crippen LogP contribution < -0.4 is 10.2 Å². The normalized spacial score (nSPS) is 14.2. The van der Waals surface area contributed by atoms with E-state index in [1.54, 1.807) is 4.90 Å². The predicted octanol–water partition coefficient (Wildman–Crippen LogP) is 5.65. The number of fused-ring (bicyclic) bond motifs is 1. The average molecular weight is 523 g/mol. The summed E-state index contributed by atoms with van der Waals surface area (Å²) >= 11 is 2.84. The van der Waals surface area contributed by atoms with E-state index in [4.69, 9.17) is 9.40 Å². The van der Waals surface area contributed by atoms with Gasteiger partial charge in [0.1, 0.15) is 11.3 Å². The lowest BCUT2D eigenvalue weighted by molar-refractivity contribution is -0.121. The molecule has 0 aliphatic carbocycles. The van der Waals surface area contributed by atoms with E-state index < -0.39 is 0 Å². The molecule has 1 fully saturated rings. The zero-order chi connectivity index (χ0) is 24.7. The molecule has 2 amide bonds. The van der Waals surface area contributed by atoms with E-state index in [1.165, 1.54) is 41.9 Å². The van der Waals surface area contributed by atoms with Crippen molar-refractivity contribution in [1.29, 1.82) is 0 Å². The molecule has 0 atom stereocenters. The molecule has 1 aliphatic heterocycles. The molecular formula is C27H30N4O3S2. The summed E-state index contributed by atoms with van der Waals surface area (Å²) in [6.07, 6.45) is 4.91. The van der Waals surface area contributed by atoms with Crippen LogP contribution in [0.4, 0.5) is 5.13 Å². The van der Waals surface area contributed by atoms with Crippen LogP contribution >= 0.6 is 22.7 Å². The number of para-hydroxylation sites is 1. The summed E-state index contributed by atoms with van der Waals surface area (Å²) in [5.41, 5.74) is 1.52. The quantitative estimate of drug-likeness (QED) is 0.273. The summed E-state index contributed by atoms with van der Waals surface area (Å²) in [6, 6.07) is 13.5. The lowest BCUT2D eigenvalue weighted by Crippen LogP contribution is -2.36. The zero-order valence-electron chi connectivity index (χ0n) is 20.2. The number of hydrogen-bond donors (Lipinski definition) is 1. The van der Waals surface area contributed by atoms with Crippen molar-refractivity contribution in [1.82, 2.24) is 15.2 Å². The Morgan fingerprint density at radius 1 is 1.08 bits per heavy atom. The molecule has 0 unspecified atom stereocenters. The number of likely N-dealkylation sites (tertiary alicyclic amines) is 1. The number of aromatic nitrogens is 1. The Balaban J connectivity index is 1.21. The first-order valence-corrected chi connectivity index (χ1v) is 14.2. The van der Waals surface area contributed by atoms with E-state index in [-0.39, 0.29) is 11.8 Å². The zero-order valence-corrected chi connectivity index (χ0v) is 21.8. The van der Waals surface area contributed by atoms with Crippen molar-refractivity contribution in [2.24, 2.45) is 0 Å². The van der Waals surface area contributed by atoms with Gasteiger partial charge in [-0.05, 0) is 55.9 Å². The number of carbonyl (C=O) groups excluding carboxylic acids is 2. The third-order valence-electron chi connectivity index (χ3n) is 6.36.